The molecule has 0 amide bonds. The number of carbonyl (C=O) groups excluding carboxylic acids is 1. The lowest BCUT2D eigenvalue weighted by atomic mass is 9.74. The average molecular weight is 494 g/mol. The minimum Gasteiger partial charge on any atom is -0.496 e. The molecule has 1 aliphatic heterocycles. The summed E-state index contributed by atoms with van der Waals surface area (Å²) in [5.41, 5.74) is 1.27. The SMILES string of the molecule is CCOc1ncc(C)c2c1[C@](OCC)(c1ccc(C#N)cc1OC)C(C(=O)O)=C(C)N2C(C)CC=O. The Morgan fingerprint density at radius 2 is 2.03 bits per heavy atom. The van der Waals surface area contributed by atoms with Gasteiger partial charge in [-0.2, -0.15) is 5.26 Å². The lowest BCUT2D eigenvalue weighted by molar-refractivity contribution is -0.136. The van der Waals surface area contributed by atoms with Crippen molar-refractivity contribution in [3.05, 3.63) is 57.9 Å². The number of aldehydes is 1. The van der Waals surface area contributed by atoms with Crippen molar-refractivity contribution in [1.82, 2.24) is 4.98 Å². The predicted octanol–water partition coefficient (Wildman–Crippen LogP) is 4.11. The van der Waals surface area contributed by atoms with E-state index in [1.807, 2.05) is 25.7 Å². The maximum atomic E-state index is 13.1. The molecule has 0 saturated carbocycles. The van der Waals surface area contributed by atoms with Gasteiger partial charge in [-0.25, -0.2) is 9.78 Å². The maximum Gasteiger partial charge on any atom is 0.337 e. The van der Waals surface area contributed by atoms with E-state index in [-0.39, 0.29) is 37.1 Å². The summed E-state index contributed by atoms with van der Waals surface area (Å²) in [4.78, 5) is 30.9. The first-order chi connectivity index (χ1) is 17.2. The number of methoxy groups -OCH3 is 1. The number of pyridine rings is 1. The average Bonchev–Trinajstić information content (AvgIpc) is 2.85. The fourth-order valence-electron chi connectivity index (χ4n) is 4.98. The molecule has 36 heavy (non-hydrogen) atoms. The van der Waals surface area contributed by atoms with Crippen LogP contribution in [0.1, 0.15) is 56.4 Å². The summed E-state index contributed by atoms with van der Waals surface area (Å²) in [5.74, 6) is -0.698. The first-order valence-corrected chi connectivity index (χ1v) is 11.8. The van der Waals surface area contributed by atoms with Crippen LogP contribution in [0.3, 0.4) is 0 Å². The van der Waals surface area contributed by atoms with Crippen LogP contribution in [0.25, 0.3) is 0 Å². The molecule has 0 bridgehead atoms. The molecule has 9 heteroatoms. The van der Waals surface area contributed by atoms with E-state index in [0.29, 0.717) is 33.8 Å². The second kappa shape index (κ2) is 10.8. The topological polar surface area (TPSA) is 122 Å². The van der Waals surface area contributed by atoms with Crippen molar-refractivity contribution in [2.24, 2.45) is 0 Å². The van der Waals surface area contributed by atoms with E-state index in [1.165, 1.54) is 7.11 Å². The van der Waals surface area contributed by atoms with Crippen LogP contribution in [0.2, 0.25) is 0 Å². The van der Waals surface area contributed by atoms with Gasteiger partial charge in [0.05, 0.1) is 42.2 Å². The van der Waals surface area contributed by atoms with Crippen molar-refractivity contribution < 1.29 is 28.9 Å². The third-order valence-electron chi connectivity index (χ3n) is 6.31. The fraction of sp³-hybridized carbons (Fsp3) is 0.407. The molecule has 0 saturated heterocycles. The van der Waals surface area contributed by atoms with E-state index < -0.39 is 11.6 Å². The standard InChI is InChI=1S/C27H31N3O6/c1-7-35-25-23-24(16(3)15-29-25)30(17(4)11-12-31)18(5)22(26(32)33)27(23,36-8-2)20-10-9-19(14-28)13-21(20)34-6/h9-10,12-13,15,17H,7-8,11H2,1-6H3,(H,32,33)/t17?,27-/m0/s1. The molecular formula is C27H31N3O6. The zero-order chi connectivity index (χ0) is 26.6. The number of benzene rings is 1. The minimum atomic E-state index is -1.68. The monoisotopic (exact) mass is 493 g/mol. The van der Waals surface area contributed by atoms with Gasteiger partial charge in [-0.05, 0) is 52.3 Å². The van der Waals surface area contributed by atoms with Crippen LogP contribution < -0.4 is 14.4 Å². The highest BCUT2D eigenvalue weighted by atomic mass is 16.5. The molecule has 2 atom stereocenters. The quantitative estimate of drug-likeness (QED) is 0.487. The van der Waals surface area contributed by atoms with Crippen LogP contribution in [0.4, 0.5) is 5.69 Å². The van der Waals surface area contributed by atoms with Gasteiger partial charge in [0.15, 0.2) is 5.60 Å². The second-order valence-corrected chi connectivity index (χ2v) is 8.43. The van der Waals surface area contributed by atoms with E-state index >= 15 is 0 Å². The lowest BCUT2D eigenvalue weighted by Gasteiger charge is -2.47. The molecule has 3 rings (SSSR count). The minimum absolute atomic E-state index is 0.0500. The summed E-state index contributed by atoms with van der Waals surface area (Å²) >= 11 is 0. The van der Waals surface area contributed by atoms with Gasteiger partial charge in [0.25, 0.3) is 0 Å². The Hall–Kier alpha value is -3.90. The Morgan fingerprint density at radius 1 is 1.31 bits per heavy atom. The molecule has 190 valence electrons. The summed E-state index contributed by atoms with van der Waals surface area (Å²) < 4.78 is 18.1. The second-order valence-electron chi connectivity index (χ2n) is 8.43. The maximum absolute atomic E-state index is 13.1. The zero-order valence-electron chi connectivity index (χ0n) is 21.4. The Morgan fingerprint density at radius 3 is 2.58 bits per heavy atom. The van der Waals surface area contributed by atoms with Crippen LogP contribution in [-0.4, -0.2) is 48.7 Å². The first-order valence-electron chi connectivity index (χ1n) is 11.8. The molecule has 1 aromatic carbocycles. The number of fused-ring (bicyclic) bond motifs is 1. The summed E-state index contributed by atoms with van der Waals surface area (Å²) in [7, 11) is 1.46. The third kappa shape index (κ3) is 4.18. The van der Waals surface area contributed by atoms with Crippen LogP contribution in [0.15, 0.2) is 35.7 Å². The van der Waals surface area contributed by atoms with Crippen LogP contribution >= 0.6 is 0 Å². The van der Waals surface area contributed by atoms with Gasteiger partial charge in [0, 0.05) is 36.5 Å². The molecule has 2 heterocycles. The number of ether oxygens (including phenoxy) is 3. The number of carbonyl (C=O) groups is 2. The van der Waals surface area contributed by atoms with Gasteiger partial charge in [-0.3, -0.25) is 0 Å². The third-order valence-corrected chi connectivity index (χ3v) is 6.31. The lowest BCUT2D eigenvalue weighted by Crippen LogP contribution is -2.48. The van der Waals surface area contributed by atoms with Gasteiger partial charge in [-0.1, -0.05) is 6.07 Å². The van der Waals surface area contributed by atoms with E-state index in [2.05, 4.69) is 11.1 Å². The van der Waals surface area contributed by atoms with Crippen molar-refractivity contribution in [3.8, 4) is 17.7 Å². The molecule has 0 radical (unpaired) electrons. The molecule has 0 spiro atoms. The number of carboxylic acids is 1. The molecular weight excluding hydrogens is 462 g/mol. The highest BCUT2D eigenvalue weighted by molar-refractivity contribution is 5.96. The number of allylic oxidation sites excluding steroid dienone is 1. The van der Waals surface area contributed by atoms with E-state index in [4.69, 9.17) is 14.2 Å². The van der Waals surface area contributed by atoms with Crippen LogP contribution in [0, 0.1) is 18.3 Å². The van der Waals surface area contributed by atoms with Gasteiger partial charge in [0.1, 0.15) is 12.0 Å². The predicted molar refractivity (Wildman–Crippen MR) is 133 cm³/mol. The first kappa shape index (κ1) is 26.7. The molecule has 1 unspecified atom stereocenters. The van der Waals surface area contributed by atoms with E-state index in [0.717, 1.165) is 11.8 Å². The Balaban J connectivity index is 2.63. The van der Waals surface area contributed by atoms with Crippen molar-refractivity contribution in [1.29, 1.82) is 5.26 Å². The fourth-order valence-corrected chi connectivity index (χ4v) is 4.98. The number of nitrogens with zero attached hydrogens (tertiary/aromatic N) is 3. The molecule has 1 N–H and O–H groups in total. The molecule has 1 aliphatic rings. The Labute approximate surface area is 210 Å². The van der Waals surface area contributed by atoms with Crippen molar-refractivity contribution in [2.75, 3.05) is 25.2 Å². The Bertz CT molecular complexity index is 1250. The highest BCUT2D eigenvalue weighted by Gasteiger charge is 2.54. The smallest absolute Gasteiger partial charge is 0.337 e. The number of aromatic nitrogens is 1. The molecule has 9 nitrogen and oxygen atoms in total. The summed E-state index contributed by atoms with van der Waals surface area (Å²) in [6.07, 6.45) is 2.65. The number of rotatable bonds is 10. The summed E-state index contributed by atoms with van der Waals surface area (Å²) in [6, 6.07) is 6.53. The van der Waals surface area contributed by atoms with Crippen molar-refractivity contribution in [3.63, 3.8) is 0 Å². The number of carboxylic acid groups (broad SMARTS) is 1. The van der Waals surface area contributed by atoms with Crippen LogP contribution in [0.5, 0.6) is 11.6 Å². The Kier molecular flexibility index (Phi) is 8.00. The van der Waals surface area contributed by atoms with Gasteiger partial charge in [-0.15, -0.1) is 0 Å². The van der Waals surface area contributed by atoms with E-state index in [1.54, 1.807) is 38.2 Å². The van der Waals surface area contributed by atoms with Crippen molar-refractivity contribution in [2.45, 2.75) is 52.7 Å². The summed E-state index contributed by atoms with van der Waals surface area (Å²) in [6.45, 7) is 9.45. The van der Waals surface area contributed by atoms with Gasteiger partial charge < -0.3 is 29.0 Å². The number of hydrogen-bond acceptors (Lipinski definition) is 8. The molecule has 0 aliphatic carbocycles. The number of aliphatic carboxylic acids is 1. The molecule has 0 fully saturated rings. The van der Waals surface area contributed by atoms with Gasteiger partial charge in [0.2, 0.25) is 5.88 Å². The molecule has 1 aromatic heterocycles. The van der Waals surface area contributed by atoms with E-state index in [9.17, 15) is 20.0 Å². The summed E-state index contributed by atoms with van der Waals surface area (Å²) in [5, 5.41) is 20.1. The van der Waals surface area contributed by atoms with Gasteiger partial charge >= 0.3 is 5.97 Å². The number of hydrogen-bond donors (Lipinski definition) is 1. The largest absolute Gasteiger partial charge is 0.496 e. The number of anilines is 1. The van der Waals surface area contributed by atoms with Crippen LogP contribution in [-0.2, 0) is 19.9 Å². The highest BCUT2D eigenvalue weighted by Crippen LogP contribution is 2.56. The number of aryl methyl sites for hydroxylation is 1. The molecule has 2 aromatic rings. The number of nitriles is 1. The normalized spacial score (nSPS) is 17.8. The zero-order valence-corrected chi connectivity index (χ0v) is 21.4. The van der Waals surface area contributed by atoms with Crippen molar-refractivity contribution >= 4 is 17.9 Å².